The highest BCUT2D eigenvalue weighted by molar-refractivity contribution is 5.95. The van der Waals surface area contributed by atoms with Crippen molar-refractivity contribution in [2.45, 2.75) is 19.8 Å². The van der Waals surface area contributed by atoms with E-state index < -0.39 is 0 Å². The number of nitrogens with one attached hydrogen (secondary N) is 2. The number of methoxy groups -OCH3 is 1. The van der Waals surface area contributed by atoms with Crippen LogP contribution in [0.5, 0.6) is 5.75 Å². The van der Waals surface area contributed by atoms with E-state index in [9.17, 15) is 9.59 Å². The lowest BCUT2D eigenvalue weighted by atomic mass is 10.1. The minimum Gasteiger partial charge on any atom is -0.495 e. The topological polar surface area (TPSA) is 93.5 Å². The maximum Gasteiger partial charge on any atom is 0.243 e. The number of nitrogens with zero attached hydrogens (tertiary/aromatic N) is 1. The summed E-state index contributed by atoms with van der Waals surface area (Å²) in [6, 6.07) is 25.0. The summed E-state index contributed by atoms with van der Waals surface area (Å²) in [6.07, 6.45) is 0.454. The van der Waals surface area contributed by atoms with Crippen LogP contribution in [0, 0.1) is 6.92 Å². The zero-order chi connectivity index (χ0) is 24.6. The number of anilines is 1. The number of oxazole rings is 1. The van der Waals surface area contributed by atoms with Crippen LogP contribution in [0.1, 0.15) is 17.9 Å². The van der Waals surface area contributed by atoms with Crippen molar-refractivity contribution < 1.29 is 18.7 Å². The van der Waals surface area contributed by atoms with Crippen LogP contribution in [0.3, 0.4) is 0 Å². The molecule has 3 aromatic carbocycles. The Hall–Kier alpha value is -4.39. The van der Waals surface area contributed by atoms with Crippen molar-refractivity contribution in [2.24, 2.45) is 0 Å². The fourth-order valence-electron chi connectivity index (χ4n) is 3.65. The third-order valence-electron chi connectivity index (χ3n) is 5.40. The SMILES string of the molecule is COc1ccc(C)cc1NC(=O)CNC(=O)CCc1nc(-c2ccccc2)c(-c2ccccc2)o1. The van der Waals surface area contributed by atoms with Gasteiger partial charge in [-0.2, -0.15) is 0 Å². The van der Waals surface area contributed by atoms with Gasteiger partial charge in [0.1, 0.15) is 11.4 Å². The van der Waals surface area contributed by atoms with E-state index in [1.54, 1.807) is 6.07 Å². The van der Waals surface area contributed by atoms with Crippen molar-refractivity contribution in [1.82, 2.24) is 10.3 Å². The third kappa shape index (κ3) is 6.14. The molecule has 2 N–H and O–H groups in total. The summed E-state index contributed by atoms with van der Waals surface area (Å²) < 4.78 is 11.3. The van der Waals surface area contributed by atoms with E-state index in [0.717, 1.165) is 22.4 Å². The van der Waals surface area contributed by atoms with E-state index in [0.29, 0.717) is 29.5 Å². The van der Waals surface area contributed by atoms with E-state index >= 15 is 0 Å². The highest BCUT2D eigenvalue weighted by atomic mass is 16.5. The Morgan fingerprint density at radius 3 is 2.29 bits per heavy atom. The zero-order valence-corrected chi connectivity index (χ0v) is 19.7. The number of aromatic nitrogens is 1. The number of hydrogen-bond acceptors (Lipinski definition) is 5. The molecule has 0 bridgehead atoms. The van der Waals surface area contributed by atoms with E-state index in [2.05, 4.69) is 15.6 Å². The minimum absolute atomic E-state index is 0.143. The Morgan fingerprint density at radius 1 is 0.914 bits per heavy atom. The fraction of sp³-hybridized carbons (Fsp3) is 0.179. The summed E-state index contributed by atoms with van der Waals surface area (Å²) in [5.41, 5.74) is 4.14. The van der Waals surface area contributed by atoms with Crippen molar-refractivity contribution in [2.75, 3.05) is 19.0 Å². The van der Waals surface area contributed by atoms with Crippen LogP contribution in [0.15, 0.2) is 83.3 Å². The first kappa shape index (κ1) is 23.8. The minimum atomic E-state index is -0.337. The van der Waals surface area contributed by atoms with Crippen molar-refractivity contribution in [3.8, 4) is 28.3 Å². The molecular formula is C28H27N3O4. The van der Waals surface area contributed by atoms with E-state index in [1.807, 2.05) is 79.7 Å². The molecule has 0 aliphatic carbocycles. The number of hydrogen-bond donors (Lipinski definition) is 2. The van der Waals surface area contributed by atoms with Gasteiger partial charge in [0.15, 0.2) is 11.7 Å². The average Bonchev–Trinajstić information content (AvgIpc) is 3.32. The molecule has 1 aromatic heterocycles. The molecule has 0 aliphatic heterocycles. The Morgan fingerprint density at radius 2 is 1.60 bits per heavy atom. The van der Waals surface area contributed by atoms with Gasteiger partial charge in [-0.15, -0.1) is 0 Å². The second-order valence-electron chi connectivity index (χ2n) is 8.05. The zero-order valence-electron chi connectivity index (χ0n) is 19.7. The molecule has 7 nitrogen and oxygen atoms in total. The monoisotopic (exact) mass is 469 g/mol. The fourth-order valence-corrected chi connectivity index (χ4v) is 3.65. The van der Waals surface area contributed by atoms with Crippen LogP contribution in [-0.2, 0) is 16.0 Å². The summed E-state index contributed by atoms with van der Waals surface area (Å²) in [7, 11) is 1.54. The van der Waals surface area contributed by atoms with Gasteiger partial charge in [0.05, 0.1) is 19.3 Å². The number of carbonyl (C=O) groups is 2. The first-order valence-corrected chi connectivity index (χ1v) is 11.3. The van der Waals surface area contributed by atoms with Gasteiger partial charge in [-0.3, -0.25) is 9.59 Å². The predicted octanol–water partition coefficient (Wildman–Crippen LogP) is 5.01. The quantitative estimate of drug-likeness (QED) is 0.359. The molecule has 0 spiro atoms. The molecule has 0 fully saturated rings. The van der Waals surface area contributed by atoms with Gasteiger partial charge in [-0.05, 0) is 24.6 Å². The maximum absolute atomic E-state index is 12.4. The van der Waals surface area contributed by atoms with Gasteiger partial charge < -0.3 is 19.8 Å². The normalized spacial score (nSPS) is 10.6. The Balaban J connectivity index is 1.37. The number of benzene rings is 3. The second-order valence-corrected chi connectivity index (χ2v) is 8.05. The summed E-state index contributed by atoms with van der Waals surface area (Å²) in [4.78, 5) is 29.4. The molecule has 0 atom stereocenters. The lowest BCUT2D eigenvalue weighted by molar-refractivity contribution is -0.124. The molecule has 178 valence electrons. The van der Waals surface area contributed by atoms with E-state index in [4.69, 9.17) is 9.15 Å². The largest absolute Gasteiger partial charge is 0.495 e. The summed E-state index contributed by atoms with van der Waals surface area (Å²) in [5, 5.41) is 5.42. The van der Waals surface area contributed by atoms with Gasteiger partial charge in [0.2, 0.25) is 11.8 Å². The first-order chi connectivity index (χ1) is 17.0. The molecule has 1 heterocycles. The van der Waals surface area contributed by atoms with Gasteiger partial charge in [0.25, 0.3) is 0 Å². The van der Waals surface area contributed by atoms with Gasteiger partial charge in [-0.25, -0.2) is 4.98 Å². The van der Waals surface area contributed by atoms with Crippen LogP contribution in [0.2, 0.25) is 0 Å². The number of rotatable bonds is 9. The second kappa shape index (κ2) is 11.2. The number of carbonyl (C=O) groups excluding carboxylic acids is 2. The summed E-state index contributed by atoms with van der Waals surface area (Å²) >= 11 is 0. The van der Waals surface area contributed by atoms with Crippen LogP contribution in [0.4, 0.5) is 5.69 Å². The lowest BCUT2D eigenvalue weighted by Crippen LogP contribution is -2.33. The Bertz CT molecular complexity index is 1240. The summed E-state index contributed by atoms with van der Waals surface area (Å²) in [5.74, 6) is 1.08. The first-order valence-electron chi connectivity index (χ1n) is 11.3. The smallest absolute Gasteiger partial charge is 0.243 e. The highest BCUT2D eigenvalue weighted by Gasteiger charge is 2.18. The third-order valence-corrected chi connectivity index (χ3v) is 5.40. The molecule has 7 heteroatoms. The molecule has 0 radical (unpaired) electrons. The van der Waals surface area contributed by atoms with Crippen LogP contribution >= 0.6 is 0 Å². The molecule has 0 aliphatic rings. The molecule has 35 heavy (non-hydrogen) atoms. The highest BCUT2D eigenvalue weighted by Crippen LogP contribution is 2.32. The van der Waals surface area contributed by atoms with Crippen molar-refractivity contribution in [1.29, 1.82) is 0 Å². The molecule has 4 aromatic rings. The predicted molar refractivity (Wildman–Crippen MR) is 135 cm³/mol. The standard InChI is InChI=1S/C28H27N3O4/c1-19-13-14-23(34-2)22(17-19)30-25(33)18-29-24(32)15-16-26-31-27(20-9-5-3-6-10-20)28(35-26)21-11-7-4-8-12-21/h3-14,17H,15-16,18H2,1-2H3,(H,29,32)(H,30,33). The van der Waals surface area contributed by atoms with Crippen molar-refractivity contribution in [3.05, 3.63) is 90.3 Å². The number of aryl methyl sites for hydroxylation is 2. The van der Waals surface area contributed by atoms with Crippen LogP contribution in [0.25, 0.3) is 22.6 Å². The molecule has 0 saturated heterocycles. The van der Waals surface area contributed by atoms with Crippen molar-refractivity contribution >= 4 is 17.5 Å². The Kier molecular flexibility index (Phi) is 7.57. The maximum atomic E-state index is 12.4. The lowest BCUT2D eigenvalue weighted by Gasteiger charge is -2.11. The van der Waals surface area contributed by atoms with Crippen LogP contribution in [-0.4, -0.2) is 30.5 Å². The molecule has 0 saturated carbocycles. The molecule has 4 rings (SSSR count). The number of ether oxygens (including phenoxy) is 1. The Labute approximate surface area is 204 Å². The summed E-state index contributed by atoms with van der Waals surface area (Å²) in [6.45, 7) is 1.78. The molecular weight excluding hydrogens is 442 g/mol. The van der Waals surface area contributed by atoms with E-state index in [-0.39, 0.29) is 24.8 Å². The van der Waals surface area contributed by atoms with E-state index in [1.165, 1.54) is 7.11 Å². The van der Waals surface area contributed by atoms with Crippen molar-refractivity contribution in [3.63, 3.8) is 0 Å². The number of amides is 2. The van der Waals surface area contributed by atoms with Gasteiger partial charge >= 0.3 is 0 Å². The molecule has 2 amide bonds. The van der Waals surface area contributed by atoms with Gasteiger partial charge in [0, 0.05) is 24.0 Å². The average molecular weight is 470 g/mol. The van der Waals surface area contributed by atoms with Gasteiger partial charge in [-0.1, -0.05) is 66.7 Å². The van der Waals surface area contributed by atoms with Crippen LogP contribution < -0.4 is 15.4 Å². The molecule has 0 unspecified atom stereocenters.